The van der Waals surface area contributed by atoms with Gasteiger partial charge in [-0.25, -0.2) is 4.39 Å². The van der Waals surface area contributed by atoms with E-state index in [1.165, 1.54) is 6.07 Å². The van der Waals surface area contributed by atoms with Crippen molar-refractivity contribution in [3.05, 3.63) is 39.6 Å². The molecule has 11 heteroatoms. The van der Waals surface area contributed by atoms with Gasteiger partial charge in [0.2, 0.25) is 0 Å². The molecule has 0 saturated heterocycles. The van der Waals surface area contributed by atoms with Gasteiger partial charge in [-0.05, 0) is 18.2 Å². The number of rotatable bonds is 4. The van der Waals surface area contributed by atoms with E-state index < -0.39 is 33.8 Å². The highest BCUT2D eigenvalue weighted by Gasteiger charge is 2.32. The zero-order chi connectivity index (χ0) is 19.2. The van der Waals surface area contributed by atoms with E-state index in [0.29, 0.717) is 0 Å². The minimum absolute atomic E-state index is 0.0160. The van der Waals surface area contributed by atoms with E-state index in [1.54, 1.807) is 0 Å². The molecule has 0 amide bonds. The Morgan fingerprint density at radius 1 is 1.38 bits per heavy atom. The summed E-state index contributed by atoms with van der Waals surface area (Å²) in [6.07, 6.45) is -0.301. The average molecular weight is 424 g/mol. The lowest BCUT2D eigenvalue weighted by Gasteiger charge is -2.15. The third-order valence-electron chi connectivity index (χ3n) is 3.80. The Kier molecular flexibility index (Phi) is 4.93. The number of hydrogen-bond donors (Lipinski definition) is 3. The van der Waals surface area contributed by atoms with Crippen LogP contribution in [0.3, 0.4) is 0 Å². The molecule has 0 fully saturated rings. The van der Waals surface area contributed by atoms with Gasteiger partial charge < -0.3 is 19.8 Å². The molecule has 0 aliphatic carbocycles. The second-order valence-corrected chi connectivity index (χ2v) is 7.29. The summed E-state index contributed by atoms with van der Waals surface area (Å²) in [6, 6.07) is 3.34. The predicted molar refractivity (Wildman–Crippen MR) is 92.9 cm³/mol. The monoisotopic (exact) mass is 423 g/mol. The van der Waals surface area contributed by atoms with Gasteiger partial charge >= 0.3 is 10.4 Å². The molecule has 0 saturated carbocycles. The molecular weight excluding hydrogens is 412 g/mol. The largest absolute Gasteiger partial charge is 0.505 e. The second kappa shape index (κ2) is 6.75. The van der Waals surface area contributed by atoms with Gasteiger partial charge in [-0.3, -0.25) is 4.55 Å². The predicted octanol–water partition coefficient (Wildman–Crippen LogP) is 2.95. The maximum atomic E-state index is 14.2. The van der Waals surface area contributed by atoms with Gasteiger partial charge in [0.25, 0.3) is 0 Å². The van der Waals surface area contributed by atoms with E-state index in [1.807, 2.05) is 0 Å². The molecule has 1 atom stereocenters. The minimum atomic E-state index is -4.84. The first-order valence-electron chi connectivity index (χ1n) is 7.18. The zero-order valence-corrected chi connectivity index (χ0v) is 15.2. The molecular formula is C15H12Cl2FNO6S. The molecule has 0 radical (unpaired) electrons. The van der Waals surface area contributed by atoms with Gasteiger partial charge in [0.15, 0.2) is 17.3 Å². The average Bonchev–Trinajstić information content (AvgIpc) is 2.98. The van der Waals surface area contributed by atoms with Gasteiger partial charge in [0.1, 0.15) is 11.9 Å². The minimum Gasteiger partial charge on any atom is -0.505 e. The maximum Gasteiger partial charge on any atom is 0.446 e. The normalized spacial score (nSPS) is 16.3. The Morgan fingerprint density at radius 2 is 2.08 bits per heavy atom. The molecule has 1 aliphatic rings. The summed E-state index contributed by atoms with van der Waals surface area (Å²) >= 11 is 12.3. The highest BCUT2D eigenvalue weighted by Crippen LogP contribution is 2.50. The molecule has 4 N–H and O–H groups in total. The van der Waals surface area contributed by atoms with Crippen molar-refractivity contribution in [3.63, 3.8) is 0 Å². The van der Waals surface area contributed by atoms with Gasteiger partial charge in [0.05, 0.1) is 10.0 Å². The van der Waals surface area contributed by atoms with Crippen LogP contribution >= 0.6 is 23.2 Å². The SMILES string of the molecule is NCC1Cc2c(O)c(F)cc(-c3c(Cl)ccc(OS(=O)(=O)O)c3Cl)c2O1. The number of benzene rings is 2. The molecule has 1 unspecified atom stereocenters. The van der Waals surface area contributed by atoms with Crippen LogP contribution in [0.15, 0.2) is 18.2 Å². The Morgan fingerprint density at radius 3 is 2.69 bits per heavy atom. The van der Waals surface area contributed by atoms with Crippen molar-refractivity contribution in [3.8, 4) is 28.4 Å². The third kappa shape index (κ3) is 3.40. The smallest absolute Gasteiger partial charge is 0.446 e. The fraction of sp³-hybridized carbons (Fsp3) is 0.200. The van der Waals surface area contributed by atoms with Gasteiger partial charge in [-0.1, -0.05) is 23.2 Å². The fourth-order valence-corrected chi connectivity index (χ4v) is 3.73. The first-order valence-corrected chi connectivity index (χ1v) is 9.30. The van der Waals surface area contributed by atoms with Crippen LogP contribution in [0, 0.1) is 5.82 Å². The van der Waals surface area contributed by atoms with E-state index in [4.69, 9.17) is 38.2 Å². The quantitative estimate of drug-likeness (QED) is 0.646. The highest BCUT2D eigenvalue weighted by atomic mass is 35.5. The van der Waals surface area contributed by atoms with Gasteiger partial charge in [-0.2, -0.15) is 8.42 Å². The summed E-state index contributed by atoms with van der Waals surface area (Å²) in [7, 11) is -4.84. The van der Waals surface area contributed by atoms with Crippen LogP contribution in [0.1, 0.15) is 5.56 Å². The fourth-order valence-electron chi connectivity index (χ4n) is 2.71. The molecule has 2 aromatic carbocycles. The number of fused-ring (bicyclic) bond motifs is 1. The van der Waals surface area contributed by atoms with Crippen molar-refractivity contribution in [1.29, 1.82) is 0 Å². The zero-order valence-electron chi connectivity index (χ0n) is 12.9. The molecule has 7 nitrogen and oxygen atoms in total. The Labute approximate surface area is 158 Å². The lowest BCUT2D eigenvalue weighted by Crippen LogP contribution is -2.24. The Hall–Kier alpha value is -1.78. The first-order chi connectivity index (χ1) is 12.1. The summed E-state index contributed by atoms with van der Waals surface area (Å²) < 4.78 is 55.0. The van der Waals surface area contributed by atoms with Gasteiger partial charge in [-0.15, -0.1) is 0 Å². The number of nitrogens with two attached hydrogens (primary N) is 1. The van der Waals surface area contributed by atoms with E-state index in [-0.39, 0.29) is 45.5 Å². The number of phenolic OH excluding ortho intramolecular Hbond substituents is 1. The van der Waals surface area contributed by atoms with Crippen molar-refractivity contribution in [1.82, 2.24) is 0 Å². The molecule has 1 aliphatic heterocycles. The molecule has 0 aromatic heterocycles. The van der Waals surface area contributed by atoms with Crippen molar-refractivity contribution < 1.29 is 31.4 Å². The van der Waals surface area contributed by atoms with Crippen molar-refractivity contribution in [2.24, 2.45) is 5.73 Å². The molecule has 1 heterocycles. The van der Waals surface area contributed by atoms with Crippen LogP contribution < -0.4 is 14.7 Å². The number of halogens is 3. The van der Waals surface area contributed by atoms with Crippen molar-refractivity contribution >= 4 is 33.6 Å². The van der Waals surface area contributed by atoms with Crippen LogP contribution in [0.2, 0.25) is 10.0 Å². The molecule has 2 aromatic rings. The molecule has 0 bridgehead atoms. The van der Waals surface area contributed by atoms with Crippen LogP contribution in [0.25, 0.3) is 11.1 Å². The number of phenols is 1. The van der Waals surface area contributed by atoms with Crippen LogP contribution in [-0.4, -0.2) is 30.7 Å². The molecule has 3 rings (SSSR count). The van der Waals surface area contributed by atoms with E-state index >= 15 is 0 Å². The summed E-state index contributed by atoms with van der Waals surface area (Å²) in [5, 5.41) is 9.71. The van der Waals surface area contributed by atoms with Crippen LogP contribution in [0.4, 0.5) is 4.39 Å². The lowest BCUT2D eigenvalue weighted by atomic mass is 9.99. The number of aromatic hydroxyl groups is 1. The van der Waals surface area contributed by atoms with E-state index in [2.05, 4.69) is 4.18 Å². The standard InChI is InChI=1S/C15H12Cl2FNO6S/c16-9-1-2-11(25-26(21,22)23)13(17)12(9)7-4-10(18)14(20)8-3-6(5-19)24-15(7)8/h1-2,4,6,20H,3,5,19H2,(H,21,22,23). The Bertz CT molecular complexity index is 998. The van der Waals surface area contributed by atoms with Crippen LogP contribution in [-0.2, 0) is 16.8 Å². The number of ether oxygens (including phenoxy) is 1. The molecule has 0 spiro atoms. The van der Waals surface area contributed by atoms with E-state index in [0.717, 1.165) is 12.1 Å². The summed E-state index contributed by atoms with van der Waals surface area (Å²) in [5.41, 5.74) is 5.88. The number of hydrogen-bond acceptors (Lipinski definition) is 6. The topological polar surface area (TPSA) is 119 Å². The summed E-state index contributed by atoms with van der Waals surface area (Å²) in [6.45, 7) is 0.128. The summed E-state index contributed by atoms with van der Waals surface area (Å²) in [4.78, 5) is 0. The molecule has 26 heavy (non-hydrogen) atoms. The Balaban J connectivity index is 2.24. The third-order valence-corrected chi connectivity index (χ3v) is 4.88. The van der Waals surface area contributed by atoms with Gasteiger partial charge in [0, 0.05) is 29.7 Å². The van der Waals surface area contributed by atoms with E-state index in [9.17, 15) is 17.9 Å². The van der Waals surface area contributed by atoms with Crippen molar-refractivity contribution in [2.45, 2.75) is 12.5 Å². The first kappa shape index (κ1) is 19.0. The van der Waals surface area contributed by atoms with Crippen LogP contribution in [0.5, 0.6) is 17.2 Å². The molecule has 140 valence electrons. The highest BCUT2D eigenvalue weighted by molar-refractivity contribution is 7.81. The second-order valence-electron chi connectivity index (χ2n) is 5.49. The van der Waals surface area contributed by atoms with Crippen molar-refractivity contribution in [2.75, 3.05) is 6.54 Å². The maximum absolute atomic E-state index is 14.2. The summed E-state index contributed by atoms with van der Waals surface area (Å²) in [5.74, 6) is -1.79. The lowest BCUT2D eigenvalue weighted by molar-refractivity contribution is 0.242.